The van der Waals surface area contributed by atoms with Crippen molar-refractivity contribution in [1.29, 1.82) is 0 Å². The second-order valence-corrected chi connectivity index (χ2v) is 12.5. The van der Waals surface area contributed by atoms with E-state index in [1.54, 1.807) is 25.2 Å². The van der Waals surface area contributed by atoms with Gasteiger partial charge in [-0.25, -0.2) is 14.4 Å². The molecule has 222 valence electrons. The molecule has 0 atom stereocenters. The van der Waals surface area contributed by atoms with E-state index in [0.717, 1.165) is 71.2 Å². The summed E-state index contributed by atoms with van der Waals surface area (Å²) in [5, 5.41) is 2.80. The molecule has 2 aromatic rings. The summed E-state index contributed by atoms with van der Waals surface area (Å²) in [6, 6.07) is 3.97. The zero-order chi connectivity index (χ0) is 29.1. The van der Waals surface area contributed by atoms with Crippen molar-refractivity contribution in [3.05, 3.63) is 42.1 Å². The van der Waals surface area contributed by atoms with Gasteiger partial charge in [0.05, 0.1) is 11.8 Å². The Morgan fingerprint density at radius 1 is 1.15 bits per heavy atom. The van der Waals surface area contributed by atoms with Gasteiger partial charge in [-0.2, -0.15) is 0 Å². The number of carbonyl (C=O) groups excluding carboxylic acids is 2. The number of likely N-dealkylation sites (tertiary alicyclic amines) is 1. The average Bonchev–Trinajstić information content (AvgIpc) is 2.97. The third kappa shape index (κ3) is 6.47. The monoisotopic (exact) mass is 566 g/mol. The number of amides is 2. The van der Waals surface area contributed by atoms with Crippen molar-refractivity contribution in [2.75, 3.05) is 51.7 Å². The van der Waals surface area contributed by atoms with Crippen molar-refractivity contribution in [1.82, 2.24) is 25.1 Å². The first kappa shape index (κ1) is 29.2. The molecule has 1 saturated carbocycles. The number of ether oxygens (including phenoxy) is 1. The van der Waals surface area contributed by atoms with Crippen LogP contribution in [0.4, 0.5) is 10.2 Å². The third-order valence-electron chi connectivity index (χ3n) is 9.39. The van der Waals surface area contributed by atoms with Gasteiger partial charge < -0.3 is 24.8 Å². The van der Waals surface area contributed by atoms with Crippen LogP contribution in [0.2, 0.25) is 0 Å². The molecular weight excluding hydrogens is 523 g/mol. The van der Waals surface area contributed by atoms with Gasteiger partial charge in [0.25, 0.3) is 5.91 Å². The molecule has 0 bridgehead atoms. The van der Waals surface area contributed by atoms with E-state index in [2.05, 4.69) is 25.1 Å². The van der Waals surface area contributed by atoms with E-state index >= 15 is 0 Å². The van der Waals surface area contributed by atoms with Crippen LogP contribution in [0.15, 0.2) is 30.7 Å². The molecule has 3 aliphatic rings. The topological polar surface area (TPSA) is 90.9 Å². The number of rotatable bonds is 8. The highest BCUT2D eigenvalue weighted by Gasteiger charge is 2.46. The Hall–Kier alpha value is -3.27. The maximum Gasteiger partial charge on any atom is 0.257 e. The summed E-state index contributed by atoms with van der Waals surface area (Å²) in [5.74, 6) is 1.72. The Labute approximate surface area is 242 Å². The summed E-state index contributed by atoms with van der Waals surface area (Å²) in [6.45, 7) is 8.94. The molecule has 5 rings (SSSR count). The lowest BCUT2D eigenvalue weighted by Gasteiger charge is -2.54. The van der Waals surface area contributed by atoms with E-state index in [9.17, 15) is 14.0 Å². The maximum absolute atomic E-state index is 14.1. The molecule has 10 heteroatoms. The second-order valence-electron chi connectivity index (χ2n) is 12.5. The van der Waals surface area contributed by atoms with Crippen LogP contribution in [-0.2, 0) is 4.79 Å². The van der Waals surface area contributed by atoms with Crippen LogP contribution in [0.25, 0.3) is 0 Å². The lowest BCUT2D eigenvalue weighted by atomic mass is 9.71. The highest BCUT2D eigenvalue weighted by molar-refractivity contribution is 5.97. The normalized spacial score (nSPS) is 22.3. The molecule has 2 aliphatic heterocycles. The molecule has 1 aliphatic carbocycles. The molecule has 2 amide bonds. The van der Waals surface area contributed by atoms with Gasteiger partial charge in [-0.1, -0.05) is 0 Å². The summed E-state index contributed by atoms with van der Waals surface area (Å²) in [5.41, 5.74) is 0.442. The van der Waals surface area contributed by atoms with Crippen LogP contribution in [0, 0.1) is 23.1 Å². The number of aromatic nitrogens is 2. The number of halogens is 1. The van der Waals surface area contributed by atoms with Crippen LogP contribution in [0.3, 0.4) is 0 Å². The standard InChI is InChI=1S/C31H43FN6O3/c1-21(2)36(4)30(40)25-15-24(32)9-10-26(25)41-27-16-34-20-35-28(27)38-18-31(19-38)11-13-37(14-12-31)17-22-5-7-23(8-6-22)29(39)33-3/h9-10,15-16,20-23H,5-8,11-14,17-19H2,1-4H3,(H,33,39)/t22-,23-. The fourth-order valence-electron chi connectivity index (χ4n) is 6.54. The van der Waals surface area contributed by atoms with Gasteiger partial charge in [-0.15, -0.1) is 0 Å². The van der Waals surface area contributed by atoms with Crippen LogP contribution in [0.1, 0.15) is 62.7 Å². The number of piperidine rings is 1. The predicted octanol–water partition coefficient (Wildman–Crippen LogP) is 4.34. The minimum atomic E-state index is -0.491. The maximum atomic E-state index is 14.1. The van der Waals surface area contributed by atoms with Crippen LogP contribution in [0.5, 0.6) is 11.5 Å². The lowest BCUT2D eigenvalue weighted by molar-refractivity contribution is -0.125. The summed E-state index contributed by atoms with van der Waals surface area (Å²) >= 11 is 0. The van der Waals surface area contributed by atoms with Gasteiger partial charge in [0.15, 0.2) is 11.6 Å². The SMILES string of the molecule is CNC(=O)[C@H]1CC[C@H](CN2CCC3(CC2)CN(c2ncncc2Oc2ccc(F)cc2C(=O)N(C)C(C)C)C3)CC1. The first-order valence-corrected chi connectivity index (χ1v) is 14.9. The Morgan fingerprint density at radius 2 is 1.85 bits per heavy atom. The van der Waals surface area contributed by atoms with Crippen LogP contribution < -0.4 is 15.0 Å². The highest BCUT2D eigenvalue weighted by Crippen LogP contribution is 2.45. The molecule has 3 fully saturated rings. The van der Waals surface area contributed by atoms with Crippen LogP contribution >= 0.6 is 0 Å². The van der Waals surface area contributed by atoms with Gasteiger partial charge in [-0.3, -0.25) is 9.59 Å². The van der Waals surface area contributed by atoms with Gasteiger partial charge in [-0.05, 0) is 89.6 Å². The average molecular weight is 567 g/mol. The predicted molar refractivity (Wildman–Crippen MR) is 156 cm³/mol. The Morgan fingerprint density at radius 3 is 2.51 bits per heavy atom. The van der Waals surface area contributed by atoms with E-state index < -0.39 is 5.82 Å². The zero-order valence-electron chi connectivity index (χ0n) is 24.7. The summed E-state index contributed by atoms with van der Waals surface area (Å²) in [4.78, 5) is 40.1. The number of anilines is 1. The van der Waals surface area contributed by atoms with Crippen molar-refractivity contribution in [2.45, 2.75) is 58.4 Å². The minimum Gasteiger partial charge on any atom is -0.451 e. The van der Waals surface area contributed by atoms with Crippen LogP contribution in [-0.4, -0.2) is 84.4 Å². The molecule has 1 N–H and O–H groups in total. The number of hydrogen-bond acceptors (Lipinski definition) is 7. The van der Waals surface area contributed by atoms with Crippen molar-refractivity contribution in [2.24, 2.45) is 17.3 Å². The highest BCUT2D eigenvalue weighted by atomic mass is 19.1. The van der Waals surface area contributed by atoms with Gasteiger partial charge >= 0.3 is 0 Å². The number of nitrogens with zero attached hydrogens (tertiary/aromatic N) is 5. The van der Waals surface area contributed by atoms with Gasteiger partial charge in [0.2, 0.25) is 5.91 Å². The van der Waals surface area contributed by atoms with Crippen molar-refractivity contribution < 1.29 is 18.7 Å². The smallest absolute Gasteiger partial charge is 0.257 e. The molecule has 0 unspecified atom stereocenters. The summed E-state index contributed by atoms with van der Waals surface area (Å²) in [7, 11) is 3.43. The number of benzene rings is 1. The first-order chi connectivity index (χ1) is 19.7. The molecule has 1 aromatic heterocycles. The third-order valence-corrected chi connectivity index (χ3v) is 9.39. The lowest BCUT2D eigenvalue weighted by Crippen LogP contribution is -2.61. The van der Waals surface area contributed by atoms with E-state index in [-0.39, 0.29) is 40.5 Å². The largest absolute Gasteiger partial charge is 0.451 e. The molecule has 0 radical (unpaired) electrons. The minimum absolute atomic E-state index is 0.0398. The Kier molecular flexibility index (Phi) is 8.77. The zero-order valence-corrected chi connectivity index (χ0v) is 24.7. The molecule has 41 heavy (non-hydrogen) atoms. The Balaban J connectivity index is 1.17. The second kappa shape index (κ2) is 12.3. The van der Waals surface area contributed by atoms with Crippen molar-refractivity contribution in [3.8, 4) is 11.5 Å². The summed E-state index contributed by atoms with van der Waals surface area (Å²) < 4.78 is 20.3. The molecule has 3 heterocycles. The van der Waals surface area contributed by atoms with E-state index in [0.29, 0.717) is 17.5 Å². The van der Waals surface area contributed by atoms with Gasteiger partial charge in [0.1, 0.15) is 17.9 Å². The quantitative estimate of drug-likeness (QED) is 0.508. The number of hydrogen-bond donors (Lipinski definition) is 1. The van der Waals surface area contributed by atoms with E-state index in [4.69, 9.17) is 4.74 Å². The van der Waals surface area contributed by atoms with Crippen molar-refractivity contribution >= 4 is 17.6 Å². The fraction of sp³-hybridized carbons (Fsp3) is 0.613. The molecule has 1 aromatic carbocycles. The van der Waals surface area contributed by atoms with Crippen molar-refractivity contribution in [3.63, 3.8) is 0 Å². The number of carbonyl (C=O) groups is 2. The van der Waals surface area contributed by atoms with E-state index in [1.165, 1.54) is 24.5 Å². The summed E-state index contributed by atoms with van der Waals surface area (Å²) in [6.07, 6.45) is 9.70. The number of nitrogens with one attached hydrogen (secondary N) is 1. The molecule has 1 spiro atoms. The van der Waals surface area contributed by atoms with E-state index in [1.807, 2.05) is 13.8 Å². The molecule has 2 saturated heterocycles. The Bertz CT molecular complexity index is 1230. The molecule has 9 nitrogen and oxygen atoms in total. The first-order valence-electron chi connectivity index (χ1n) is 14.9. The van der Waals surface area contributed by atoms with Gasteiger partial charge in [0, 0.05) is 51.1 Å². The fourth-order valence-corrected chi connectivity index (χ4v) is 6.54. The molecular formula is C31H43FN6O3.